The maximum Gasteiger partial charge on any atom is 0.0216 e. The van der Waals surface area contributed by atoms with Crippen LogP contribution in [0.2, 0.25) is 0 Å². The van der Waals surface area contributed by atoms with Crippen LogP contribution in [0.4, 0.5) is 0 Å². The second-order valence-electron chi connectivity index (χ2n) is 4.18. The number of aryl methyl sites for hydroxylation is 2. The Balaban J connectivity index is 2.12. The molecular formula is C13H23NS. The molecule has 0 saturated heterocycles. The van der Waals surface area contributed by atoms with E-state index >= 15 is 0 Å². The van der Waals surface area contributed by atoms with Crippen molar-refractivity contribution in [2.45, 2.75) is 53.0 Å². The molecule has 0 aromatic carbocycles. The van der Waals surface area contributed by atoms with E-state index in [1.54, 1.807) is 0 Å². The molecule has 0 aliphatic rings. The Bertz CT molecular complexity index is 278. The van der Waals surface area contributed by atoms with Crippen LogP contribution >= 0.6 is 11.3 Å². The molecule has 2 heteroatoms. The minimum atomic E-state index is 1.04. The molecule has 1 nitrogen and oxygen atoms in total. The minimum Gasteiger partial charge on any atom is -0.313 e. The van der Waals surface area contributed by atoms with E-state index in [9.17, 15) is 0 Å². The third-order valence-electron chi connectivity index (χ3n) is 2.67. The minimum absolute atomic E-state index is 1.04. The van der Waals surface area contributed by atoms with Crippen molar-refractivity contribution >= 4 is 11.3 Å². The molecule has 1 N–H and O–H groups in total. The van der Waals surface area contributed by atoms with Crippen molar-refractivity contribution in [1.29, 1.82) is 0 Å². The lowest BCUT2D eigenvalue weighted by Crippen LogP contribution is -2.14. The first kappa shape index (κ1) is 12.7. The summed E-state index contributed by atoms with van der Waals surface area (Å²) in [6.45, 7) is 8.86. The van der Waals surface area contributed by atoms with Crippen LogP contribution in [-0.2, 0) is 6.54 Å². The highest BCUT2D eigenvalue weighted by Crippen LogP contribution is 2.20. The van der Waals surface area contributed by atoms with Gasteiger partial charge in [-0.25, -0.2) is 0 Å². The lowest BCUT2D eigenvalue weighted by molar-refractivity contribution is 0.598. The summed E-state index contributed by atoms with van der Waals surface area (Å²) in [5, 5.41) is 3.52. The van der Waals surface area contributed by atoms with Crippen molar-refractivity contribution in [1.82, 2.24) is 5.32 Å². The molecule has 0 radical (unpaired) electrons. The molecule has 0 amide bonds. The maximum atomic E-state index is 3.52. The molecule has 0 spiro atoms. The van der Waals surface area contributed by atoms with E-state index < -0.39 is 0 Å². The van der Waals surface area contributed by atoms with Gasteiger partial charge < -0.3 is 5.32 Å². The van der Waals surface area contributed by atoms with Crippen LogP contribution in [0.25, 0.3) is 0 Å². The van der Waals surface area contributed by atoms with Crippen LogP contribution in [0, 0.1) is 13.8 Å². The third kappa shape index (κ3) is 4.80. The first-order valence-corrected chi connectivity index (χ1v) is 6.82. The predicted octanol–water partition coefficient (Wildman–Crippen LogP) is 4.03. The monoisotopic (exact) mass is 225 g/mol. The van der Waals surface area contributed by atoms with Gasteiger partial charge in [-0.05, 0) is 38.4 Å². The summed E-state index contributed by atoms with van der Waals surface area (Å²) < 4.78 is 0. The van der Waals surface area contributed by atoms with Crippen LogP contribution in [0.3, 0.4) is 0 Å². The summed E-state index contributed by atoms with van der Waals surface area (Å²) >= 11 is 1.90. The molecule has 1 rings (SSSR count). The second kappa shape index (κ2) is 7.02. The third-order valence-corrected chi connectivity index (χ3v) is 3.67. The number of hydrogen-bond donors (Lipinski definition) is 1. The molecule has 0 fully saturated rings. The van der Waals surface area contributed by atoms with E-state index in [1.165, 1.54) is 41.0 Å². The van der Waals surface area contributed by atoms with Crippen molar-refractivity contribution < 1.29 is 0 Å². The molecule has 1 aromatic heterocycles. The molecule has 1 heterocycles. The highest BCUT2D eigenvalue weighted by atomic mass is 32.1. The van der Waals surface area contributed by atoms with Gasteiger partial charge >= 0.3 is 0 Å². The molecule has 0 atom stereocenters. The lowest BCUT2D eigenvalue weighted by atomic mass is 10.2. The average molecular weight is 225 g/mol. The van der Waals surface area contributed by atoms with Gasteiger partial charge in [0, 0.05) is 16.3 Å². The fourth-order valence-electron chi connectivity index (χ4n) is 1.76. The van der Waals surface area contributed by atoms with Crippen LogP contribution in [0.15, 0.2) is 6.07 Å². The highest BCUT2D eigenvalue weighted by Gasteiger charge is 2.01. The van der Waals surface area contributed by atoms with E-state index in [0.29, 0.717) is 0 Å². The second-order valence-corrected chi connectivity index (χ2v) is 5.64. The molecule has 0 saturated carbocycles. The molecule has 86 valence electrons. The van der Waals surface area contributed by atoms with Gasteiger partial charge in [0.2, 0.25) is 0 Å². The zero-order valence-electron chi connectivity index (χ0n) is 10.2. The van der Waals surface area contributed by atoms with Crippen LogP contribution in [0.1, 0.15) is 47.9 Å². The number of hydrogen-bond acceptors (Lipinski definition) is 2. The molecule has 0 aliphatic heterocycles. The topological polar surface area (TPSA) is 12.0 Å². The number of nitrogens with one attached hydrogen (secondary N) is 1. The largest absolute Gasteiger partial charge is 0.313 e. The Morgan fingerprint density at radius 3 is 2.60 bits per heavy atom. The zero-order valence-corrected chi connectivity index (χ0v) is 11.0. The highest BCUT2D eigenvalue weighted by molar-refractivity contribution is 7.12. The van der Waals surface area contributed by atoms with E-state index in [0.717, 1.165) is 13.1 Å². The van der Waals surface area contributed by atoms with Crippen LogP contribution in [-0.4, -0.2) is 6.54 Å². The predicted molar refractivity (Wildman–Crippen MR) is 69.6 cm³/mol. The average Bonchev–Trinajstić information content (AvgIpc) is 2.51. The number of thiophene rings is 1. The van der Waals surface area contributed by atoms with Crippen molar-refractivity contribution in [3.05, 3.63) is 21.4 Å². The summed E-state index contributed by atoms with van der Waals surface area (Å²) in [5.74, 6) is 0. The van der Waals surface area contributed by atoms with E-state index in [1.807, 2.05) is 11.3 Å². The van der Waals surface area contributed by atoms with Gasteiger partial charge in [-0.15, -0.1) is 11.3 Å². The summed E-state index contributed by atoms with van der Waals surface area (Å²) in [5.41, 5.74) is 1.48. The lowest BCUT2D eigenvalue weighted by Gasteiger charge is -2.03. The Morgan fingerprint density at radius 1 is 1.20 bits per heavy atom. The Hall–Kier alpha value is -0.340. The van der Waals surface area contributed by atoms with Gasteiger partial charge in [0.1, 0.15) is 0 Å². The summed E-state index contributed by atoms with van der Waals surface area (Å²) in [7, 11) is 0. The molecule has 15 heavy (non-hydrogen) atoms. The van der Waals surface area contributed by atoms with Crippen LogP contribution in [0.5, 0.6) is 0 Å². The molecule has 0 aliphatic carbocycles. The van der Waals surface area contributed by atoms with Crippen molar-refractivity contribution in [3.8, 4) is 0 Å². The Kier molecular flexibility index (Phi) is 5.96. The number of unbranched alkanes of at least 4 members (excludes halogenated alkanes) is 3. The van der Waals surface area contributed by atoms with Gasteiger partial charge in [0.15, 0.2) is 0 Å². The summed E-state index contributed by atoms with van der Waals surface area (Å²) in [4.78, 5) is 2.89. The maximum absolute atomic E-state index is 3.52. The summed E-state index contributed by atoms with van der Waals surface area (Å²) in [6, 6.07) is 2.30. The van der Waals surface area contributed by atoms with Crippen molar-refractivity contribution in [3.63, 3.8) is 0 Å². The van der Waals surface area contributed by atoms with Gasteiger partial charge in [0.25, 0.3) is 0 Å². The molecule has 0 bridgehead atoms. The van der Waals surface area contributed by atoms with Gasteiger partial charge in [-0.3, -0.25) is 0 Å². The fourth-order valence-corrected chi connectivity index (χ4v) is 2.71. The standard InChI is InChI=1S/C13H23NS/c1-4-5-6-7-8-14-10-13-9-11(2)15-12(13)3/h9,14H,4-8,10H2,1-3H3. The fraction of sp³-hybridized carbons (Fsp3) is 0.692. The van der Waals surface area contributed by atoms with Gasteiger partial charge in [-0.1, -0.05) is 26.2 Å². The Labute approximate surface area is 97.9 Å². The smallest absolute Gasteiger partial charge is 0.0216 e. The van der Waals surface area contributed by atoms with E-state index in [2.05, 4.69) is 32.2 Å². The van der Waals surface area contributed by atoms with E-state index in [-0.39, 0.29) is 0 Å². The SMILES string of the molecule is CCCCCCNCc1cc(C)sc1C. The molecule has 0 unspecified atom stereocenters. The van der Waals surface area contributed by atoms with Crippen LogP contribution < -0.4 is 5.32 Å². The number of rotatable bonds is 7. The van der Waals surface area contributed by atoms with Crippen molar-refractivity contribution in [2.24, 2.45) is 0 Å². The summed E-state index contributed by atoms with van der Waals surface area (Å²) in [6.07, 6.45) is 5.38. The molecule has 1 aromatic rings. The quantitative estimate of drug-likeness (QED) is 0.691. The molecular weight excluding hydrogens is 202 g/mol. The first-order chi connectivity index (χ1) is 7.24. The van der Waals surface area contributed by atoms with Gasteiger partial charge in [0.05, 0.1) is 0 Å². The normalized spacial score (nSPS) is 10.9. The first-order valence-electron chi connectivity index (χ1n) is 6.00. The van der Waals surface area contributed by atoms with E-state index in [4.69, 9.17) is 0 Å². The zero-order chi connectivity index (χ0) is 11.1. The van der Waals surface area contributed by atoms with Gasteiger partial charge in [-0.2, -0.15) is 0 Å². The van der Waals surface area contributed by atoms with Crippen molar-refractivity contribution in [2.75, 3.05) is 6.54 Å². The Morgan fingerprint density at radius 2 is 2.00 bits per heavy atom.